The highest BCUT2D eigenvalue weighted by Crippen LogP contribution is 2.22. The number of nitrogen functional groups attached to an aromatic ring is 1. The molecule has 82 valence electrons. The van der Waals surface area contributed by atoms with Gasteiger partial charge >= 0.3 is 0 Å². The summed E-state index contributed by atoms with van der Waals surface area (Å²) >= 11 is 4.36. The van der Waals surface area contributed by atoms with Crippen molar-refractivity contribution in [2.24, 2.45) is 4.99 Å². The Bertz CT molecular complexity index is 539. The summed E-state index contributed by atoms with van der Waals surface area (Å²) in [7, 11) is 0. The topological polar surface area (TPSA) is 51.3 Å². The summed E-state index contributed by atoms with van der Waals surface area (Å²) in [6.45, 7) is 0. The second-order valence-electron chi connectivity index (χ2n) is 3.01. The highest BCUT2D eigenvalue weighted by atomic mass is 79.9. The summed E-state index contributed by atoms with van der Waals surface area (Å²) in [5, 5.41) is 1.74. The quantitative estimate of drug-likeness (QED) is 0.864. The van der Waals surface area contributed by atoms with Gasteiger partial charge in [0.05, 0.1) is 22.1 Å². The summed E-state index contributed by atoms with van der Waals surface area (Å²) < 4.78 is 17.4. The molecule has 0 fully saturated rings. The van der Waals surface area contributed by atoms with Gasteiger partial charge in [-0.25, -0.2) is 4.39 Å². The molecule has 2 rings (SSSR count). The molecule has 1 aromatic heterocycles. The Morgan fingerprint density at radius 3 is 2.94 bits per heavy atom. The summed E-state index contributed by atoms with van der Waals surface area (Å²) in [6, 6.07) is 4.52. The lowest BCUT2D eigenvalue weighted by Crippen LogP contribution is -1.89. The van der Waals surface area contributed by atoms with Crippen LogP contribution in [0.2, 0.25) is 0 Å². The SMILES string of the molecule is Nc1csnc1C=Nc1ccc(F)c(Br)c1. The molecule has 3 nitrogen and oxygen atoms in total. The van der Waals surface area contributed by atoms with Crippen molar-refractivity contribution >= 4 is 45.1 Å². The fraction of sp³-hybridized carbons (Fsp3) is 0. The van der Waals surface area contributed by atoms with Crippen LogP contribution in [0.15, 0.2) is 33.0 Å². The average Bonchev–Trinajstić information content (AvgIpc) is 2.66. The number of aliphatic imine (C=N–C) groups is 1. The Kier molecular flexibility index (Phi) is 3.31. The maximum absolute atomic E-state index is 12.9. The van der Waals surface area contributed by atoms with Gasteiger partial charge in [-0.1, -0.05) is 0 Å². The molecule has 0 atom stereocenters. The minimum Gasteiger partial charge on any atom is -0.396 e. The Morgan fingerprint density at radius 2 is 2.31 bits per heavy atom. The largest absolute Gasteiger partial charge is 0.396 e. The van der Waals surface area contributed by atoms with Gasteiger partial charge in [-0.3, -0.25) is 4.99 Å². The standard InChI is InChI=1S/C10H7BrFN3S/c11-7-3-6(1-2-8(7)12)14-4-10-9(13)5-16-15-10/h1-5H,13H2. The molecule has 0 saturated heterocycles. The van der Waals surface area contributed by atoms with Crippen molar-refractivity contribution < 1.29 is 4.39 Å². The van der Waals surface area contributed by atoms with Crippen LogP contribution in [0.4, 0.5) is 15.8 Å². The van der Waals surface area contributed by atoms with Gasteiger partial charge < -0.3 is 5.73 Å². The average molecular weight is 300 g/mol. The van der Waals surface area contributed by atoms with Crippen LogP contribution in [0.1, 0.15) is 5.69 Å². The van der Waals surface area contributed by atoms with E-state index in [0.29, 0.717) is 21.5 Å². The zero-order valence-corrected chi connectivity index (χ0v) is 10.4. The number of nitrogens with zero attached hydrogens (tertiary/aromatic N) is 2. The van der Waals surface area contributed by atoms with Crippen LogP contribution >= 0.6 is 27.5 Å². The predicted octanol–water partition coefficient (Wildman–Crippen LogP) is 3.38. The third kappa shape index (κ3) is 2.45. The highest BCUT2D eigenvalue weighted by molar-refractivity contribution is 9.10. The number of rotatable bonds is 2. The van der Waals surface area contributed by atoms with Gasteiger partial charge in [-0.2, -0.15) is 4.37 Å². The van der Waals surface area contributed by atoms with Gasteiger partial charge in [0.15, 0.2) is 0 Å². The van der Waals surface area contributed by atoms with E-state index in [1.165, 1.54) is 17.6 Å². The predicted molar refractivity (Wildman–Crippen MR) is 67.9 cm³/mol. The van der Waals surface area contributed by atoms with Crippen LogP contribution in [0, 0.1) is 5.82 Å². The molecule has 2 aromatic rings. The first kappa shape index (κ1) is 11.2. The van der Waals surface area contributed by atoms with E-state index in [0.717, 1.165) is 0 Å². The van der Waals surface area contributed by atoms with E-state index in [9.17, 15) is 4.39 Å². The van der Waals surface area contributed by atoms with Crippen LogP contribution in [-0.4, -0.2) is 10.6 Å². The first-order chi connectivity index (χ1) is 7.66. The number of nitrogens with two attached hydrogens (primary N) is 1. The van der Waals surface area contributed by atoms with Crippen molar-refractivity contribution in [3.05, 3.63) is 39.6 Å². The van der Waals surface area contributed by atoms with Crippen molar-refractivity contribution in [1.82, 2.24) is 4.37 Å². The molecule has 0 bridgehead atoms. The molecule has 0 unspecified atom stereocenters. The minimum atomic E-state index is -0.313. The third-order valence-electron chi connectivity index (χ3n) is 1.87. The number of hydrogen-bond acceptors (Lipinski definition) is 4. The van der Waals surface area contributed by atoms with Gasteiger partial charge in [0.1, 0.15) is 11.5 Å². The van der Waals surface area contributed by atoms with E-state index in [4.69, 9.17) is 5.73 Å². The highest BCUT2D eigenvalue weighted by Gasteiger charge is 2.00. The number of hydrogen-bond donors (Lipinski definition) is 1. The first-order valence-corrected chi connectivity index (χ1v) is 5.99. The van der Waals surface area contributed by atoms with E-state index < -0.39 is 0 Å². The lowest BCUT2D eigenvalue weighted by molar-refractivity contribution is 0.621. The number of anilines is 1. The van der Waals surface area contributed by atoms with Gasteiger partial charge in [0, 0.05) is 5.38 Å². The van der Waals surface area contributed by atoms with Crippen LogP contribution in [0.25, 0.3) is 0 Å². The lowest BCUT2D eigenvalue weighted by atomic mass is 10.3. The number of benzene rings is 1. The number of halogens is 2. The summed E-state index contributed by atoms with van der Waals surface area (Å²) in [5.41, 5.74) is 7.51. The van der Waals surface area contributed by atoms with Crippen LogP contribution < -0.4 is 5.73 Å². The Hall–Kier alpha value is -1.27. The zero-order chi connectivity index (χ0) is 11.5. The molecule has 0 aliphatic heterocycles. The molecule has 0 aliphatic carbocycles. The molecule has 0 aliphatic rings. The first-order valence-electron chi connectivity index (χ1n) is 4.36. The molecule has 0 amide bonds. The lowest BCUT2D eigenvalue weighted by Gasteiger charge is -1.96. The van der Waals surface area contributed by atoms with Crippen molar-refractivity contribution in [3.8, 4) is 0 Å². The molecule has 16 heavy (non-hydrogen) atoms. The summed E-state index contributed by atoms with van der Waals surface area (Å²) in [5.74, 6) is -0.313. The fourth-order valence-electron chi connectivity index (χ4n) is 1.05. The normalized spacial score (nSPS) is 11.1. The van der Waals surface area contributed by atoms with Crippen LogP contribution in [-0.2, 0) is 0 Å². The van der Waals surface area contributed by atoms with Crippen LogP contribution in [0.5, 0.6) is 0 Å². The van der Waals surface area contributed by atoms with Gasteiger partial charge in [0.25, 0.3) is 0 Å². The van der Waals surface area contributed by atoms with Crippen molar-refractivity contribution in [1.29, 1.82) is 0 Å². The molecule has 0 spiro atoms. The molecular weight excluding hydrogens is 293 g/mol. The second kappa shape index (κ2) is 4.71. The number of aromatic nitrogens is 1. The van der Waals surface area contributed by atoms with Crippen molar-refractivity contribution in [2.45, 2.75) is 0 Å². The zero-order valence-electron chi connectivity index (χ0n) is 8.02. The van der Waals surface area contributed by atoms with Crippen LogP contribution in [0.3, 0.4) is 0 Å². The van der Waals surface area contributed by atoms with E-state index in [1.54, 1.807) is 23.7 Å². The van der Waals surface area contributed by atoms with E-state index in [-0.39, 0.29) is 5.82 Å². The molecule has 1 heterocycles. The van der Waals surface area contributed by atoms with E-state index >= 15 is 0 Å². The maximum atomic E-state index is 12.9. The Morgan fingerprint density at radius 1 is 1.50 bits per heavy atom. The third-order valence-corrected chi connectivity index (χ3v) is 3.13. The van der Waals surface area contributed by atoms with Gasteiger partial charge in [-0.15, -0.1) is 0 Å². The van der Waals surface area contributed by atoms with Gasteiger partial charge in [-0.05, 0) is 45.7 Å². The molecule has 1 aromatic carbocycles. The second-order valence-corrected chi connectivity index (χ2v) is 4.50. The molecule has 6 heteroatoms. The molecule has 0 radical (unpaired) electrons. The van der Waals surface area contributed by atoms with Crippen molar-refractivity contribution in [2.75, 3.05) is 5.73 Å². The molecule has 2 N–H and O–H groups in total. The molecular formula is C10H7BrFN3S. The van der Waals surface area contributed by atoms with Crippen molar-refractivity contribution in [3.63, 3.8) is 0 Å². The minimum absolute atomic E-state index is 0.313. The van der Waals surface area contributed by atoms with E-state index in [2.05, 4.69) is 25.3 Å². The fourth-order valence-corrected chi connectivity index (χ4v) is 1.97. The summed E-state index contributed by atoms with van der Waals surface area (Å²) in [6.07, 6.45) is 1.56. The summed E-state index contributed by atoms with van der Waals surface area (Å²) in [4.78, 5) is 4.15. The monoisotopic (exact) mass is 299 g/mol. The van der Waals surface area contributed by atoms with Gasteiger partial charge in [0.2, 0.25) is 0 Å². The molecule has 0 saturated carbocycles. The Balaban J connectivity index is 2.24. The smallest absolute Gasteiger partial charge is 0.137 e. The van der Waals surface area contributed by atoms with E-state index in [1.807, 2.05) is 0 Å². The Labute approximate surface area is 104 Å². The maximum Gasteiger partial charge on any atom is 0.137 e.